The van der Waals surface area contributed by atoms with Crippen molar-refractivity contribution in [3.8, 4) is 0 Å². The fourth-order valence-electron chi connectivity index (χ4n) is 3.30. The van der Waals surface area contributed by atoms with Gasteiger partial charge >= 0.3 is 0 Å². The highest BCUT2D eigenvalue weighted by Crippen LogP contribution is 2.26. The number of hydrogen-bond donors (Lipinski definition) is 1. The second-order valence-corrected chi connectivity index (χ2v) is 7.57. The van der Waals surface area contributed by atoms with E-state index in [2.05, 4.69) is 10.2 Å². The fraction of sp³-hybridized carbons (Fsp3) is 0.500. The number of fused-ring (bicyclic) bond motifs is 1. The molecule has 0 bridgehead atoms. The molecule has 0 aliphatic carbocycles. The topological polar surface area (TPSA) is 63.6 Å². The number of nitrogens with zero attached hydrogens (tertiary/aromatic N) is 2. The molecule has 1 N–H and O–H groups in total. The Morgan fingerprint density at radius 3 is 2.81 bits per heavy atom. The van der Waals surface area contributed by atoms with Gasteiger partial charge in [0.2, 0.25) is 5.91 Å². The number of benzene rings is 1. The first-order chi connectivity index (χ1) is 13.2. The third-order valence-corrected chi connectivity index (χ3v) is 5.79. The molecule has 6 nitrogen and oxygen atoms in total. The monoisotopic (exact) mass is 389 g/mol. The predicted molar refractivity (Wildman–Crippen MR) is 109 cm³/mol. The molecule has 1 aliphatic rings. The Kier molecular flexibility index (Phi) is 7.32. The van der Waals surface area contributed by atoms with Crippen LogP contribution in [0, 0.1) is 0 Å². The zero-order chi connectivity index (χ0) is 19.1. The number of nitrogens with one attached hydrogen (secondary N) is 1. The lowest BCUT2D eigenvalue weighted by Gasteiger charge is -2.26. The first kappa shape index (κ1) is 19.9. The Labute approximate surface area is 163 Å². The minimum atomic E-state index is -0.0235. The van der Waals surface area contributed by atoms with Crippen molar-refractivity contribution in [3.05, 3.63) is 40.7 Å². The Morgan fingerprint density at radius 2 is 2.04 bits per heavy atom. The summed E-state index contributed by atoms with van der Waals surface area (Å²) in [6.45, 7) is 7.80. The Balaban J connectivity index is 1.51. The lowest BCUT2D eigenvalue weighted by Crippen LogP contribution is -2.38. The van der Waals surface area contributed by atoms with Gasteiger partial charge in [0.05, 0.1) is 24.5 Å². The first-order valence-corrected chi connectivity index (χ1v) is 10.5. The third-order valence-electron chi connectivity index (χ3n) is 4.73. The van der Waals surface area contributed by atoms with Crippen LogP contribution in [-0.2, 0) is 16.1 Å². The number of carbonyl (C=O) groups excluding carboxylic acids is 1. The van der Waals surface area contributed by atoms with Crippen molar-refractivity contribution in [1.82, 2.24) is 14.8 Å². The molecule has 2 aromatic rings. The second kappa shape index (κ2) is 9.92. The van der Waals surface area contributed by atoms with E-state index in [4.69, 9.17) is 4.74 Å². The molecule has 3 rings (SSSR count). The summed E-state index contributed by atoms with van der Waals surface area (Å²) in [5.74, 6) is 0.322. The second-order valence-electron chi connectivity index (χ2n) is 6.55. The maximum atomic E-state index is 12.3. The largest absolute Gasteiger partial charge is 0.379 e. The minimum absolute atomic E-state index is 0.00530. The molecular formula is C20H27N3O3S. The molecular weight excluding hydrogens is 362 g/mol. The predicted octanol–water partition coefficient (Wildman–Crippen LogP) is 1.95. The van der Waals surface area contributed by atoms with Crippen LogP contribution in [0.4, 0.5) is 0 Å². The Morgan fingerprint density at radius 1 is 1.26 bits per heavy atom. The van der Waals surface area contributed by atoms with Crippen LogP contribution in [0.25, 0.3) is 10.9 Å². The molecule has 1 saturated heterocycles. The Hall–Kier alpha value is -1.83. The number of ether oxygens (including phenoxy) is 1. The van der Waals surface area contributed by atoms with Crippen LogP contribution in [0.1, 0.15) is 13.3 Å². The van der Waals surface area contributed by atoms with Crippen LogP contribution in [0.15, 0.2) is 40.0 Å². The number of para-hydroxylation sites is 1. The van der Waals surface area contributed by atoms with E-state index in [1.54, 1.807) is 10.6 Å². The van der Waals surface area contributed by atoms with Crippen LogP contribution < -0.4 is 10.9 Å². The highest BCUT2D eigenvalue weighted by molar-refractivity contribution is 8.00. The first-order valence-electron chi connectivity index (χ1n) is 9.51. The standard InChI is InChI=1S/C20H27N3O3S/c1-2-23-17-7-4-3-6-16(17)18(14-20(23)25)27-15-19(24)21-8-5-9-22-10-12-26-13-11-22/h3-4,6-7,14H,2,5,8-13,15H2,1H3,(H,21,24). The van der Waals surface area contributed by atoms with Gasteiger partial charge in [0, 0.05) is 42.5 Å². The van der Waals surface area contributed by atoms with Crippen molar-refractivity contribution in [2.45, 2.75) is 24.8 Å². The summed E-state index contributed by atoms with van der Waals surface area (Å²) in [6.07, 6.45) is 0.936. The highest BCUT2D eigenvalue weighted by Gasteiger charge is 2.11. The van der Waals surface area contributed by atoms with Gasteiger partial charge in [0.15, 0.2) is 0 Å². The number of rotatable bonds is 8. The number of pyridine rings is 1. The Bertz CT molecular complexity index is 831. The van der Waals surface area contributed by atoms with Crippen molar-refractivity contribution in [1.29, 1.82) is 0 Å². The number of amides is 1. The summed E-state index contributed by atoms with van der Waals surface area (Å²) in [6, 6.07) is 9.49. The number of aryl methyl sites for hydroxylation is 1. The molecule has 146 valence electrons. The van der Waals surface area contributed by atoms with Crippen molar-refractivity contribution < 1.29 is 9.53 Å². The van der Waals surface area contributed by atoms with Crippen LogP contribution in [0.3, 0.4) is 0 Å². The van der Waals surface area contributed by atoms with Crippen molar-refractivity contribution in [2.24, 2.45) is 0 Å². The minimum Gasteiger partial charge on any atom is -0.379 e. The number of thioether (sulfide) groups is 1. The van der Waals surface area contributed by atoms with E-state index >= 15 is 0 Å². The normalized spacial score (nSPS) is 15.1. The zero-order valence-electron chi connectivity index (χ0n) is 15.8. The summed E-state index contributed by atoms with van der Waals surface area (Å²) < 4.78 is 7.09. The summed E-state index contributed by atoms with van der Waals surface area (Å²) in [5, 5.41) is 3.99. The van der Waals surface area contributed by atoms with E-state index in [9.17, 15) is 9.59 Å². The number of aromatic nitrogens is 1. The van der Waals surface area contributed by atoms with Crippen molar-refractivity contribution in [3.63, 3.8) is 0 Å². The maximum Gasteiger partial charge on any atom is 0.252 e. The number of carbonyl (C=O) groups is 1. The van der Waals surface area contributed by atoms with E-state index in [1.165, 1.54) is 11.8 Å². The molecule has 27 heavy (non-hydrogen) atoms. The molecule has 0 unspecified atom stereocenters. The number of morpholine rings is 1. The molecule has 0 radical (unpaired) electrons. The average molecular weight is 390 g/mol. The lowest BCUT2D eigenvalue weighted by molar-refractivity contribution is -0.118. The van der Waals surface area contributed by atoms with Crippen molar-refractivity contribution in [2.75, 3.05) is 45.1 Å². The molecule has 0 atom stereocenters. The van der Waals surface area contributed by atoms with Gasteiger partial charge in [-0.2, -0.15) is 0 Å². The summed E-state index contributed by atoms with van der Waals surface area (Å²) in [7, 11) is 0. The van der Waals surface area contributed by atoms with Crippen molar-refractivity contribution >= 4 is 28.6 Å². The zero-order valence-corrected chi connectivity index (χ0v) is 16.6. The summed E-state index contributed by atoms with van der Waals surface area (Å²) in [4.78, 5) is 27.7. The lowest BCUT2D eigenvalue weighted by atomic mass is 10.2. The van der Waals surface area contributed by atoms with Crippen LogP contribution in [-0.4, -0.2) is 60.5 Å². The van der Waals surface area contributed by atoms with Gasteiger partial charge in [-0.25, -0.2) is 0 Å². The quantitative estimate of drug-likeness (QED) is 0.552. The van der Waals surface area contributed by atoms with E-state index in [1.807, 2.05) is 31.2 Å². The van der Waals surface area contributed by atoms with Gasteiger partial charge in [0.25, 0.3) is 5.56 Å². The molecule has 1 fully saturated rings. The smallest absolute Gasteiger partial charge is 0.252 e. The third kappa shape index (κ3) is 5.34. The molecule has 1 aromatic heterocycles. The fourth-order valence-corrected chi connectivity index (χ4v) is 4.20. The SMILES string of the molecule is CCn1c(=O)cc(SCC(=O)NCCCN2CCOCC2)c2ccccc21. The molecule has 7 heteroatoms. The van der Waals surface area contributed by atoms with E-state index in [0.717, 1.165) is 55.1 Å². The van der Waals surface area contributed by atoms with Gasteiger partial charge in [-0.05, 0) is 26.0 Å². The maximum absolute atomic E-state index is 12.3. The van der Waals surface area contributed by atoms with E-state index < -0.39 is 0 Å². The van der Waals surface area contributed by atoms with Crippen LogP contribution in [0.2, 0.25) is 0 Å². The van der Waals surface area contributed by atoms with Gasteiger partial charge in [-0.15, -0.1) is 11.8 Å². The van der Waals surface area contributed by atoms with Crippen LogP contribution in [0.5, 0.6) is 0 Å². The van der Waals surface area contributed by atoms with Gasteiger partial charge < -0.3 is 14.6 Å². The van der Waals surface area contributed by atoms with Crippen LogP contribution >= 0.6 is 11.8 Å². The number of hydrogen-bond acceptors (Lipinski definition) is 5. The molecule has 0 spiro atoms. The van der Waals surface area contributed by atoms with Gasteiger partial charge in [-0.1, -0.05) is 18.2 Å². The summed E-state index contributed by atoms with van der Waals surface area (Å²) in [5.41, 5.74) is 0.894. The highest BCUT2D eigenvalue weighted by atomic mass is 32.2. The summed E-state index contributed by atoms with van der Waals surface area (Å²) >= 11 is 1.43. The molecule has 1 amide bonds. The molecule has 1 aromatic carbocycles. The average Bonchev–Trinajstić information content (AvgIpc) is 2.70. The molecule has 0 saturated carbocycles. The van der Waals surface area contributed by atoms with E-state index in [0.29, 0.717) is 18.8 Å². The van der Waals surface area contributed by atoms with E-state index in [-0.39, 0.29) is 11.5 Å². The molecule has 2 heterocycles. The molecule has 1 aliphatic heterocycles. The van der Waals surface area contributed by atoms with Gasteiger partial charge in [0.1, 0.15) is 0 Å². The van der Waals surface area contributed by atoms with Gasteiger partial charge in [-0.3, -0.25) is 14.5 Å².